The van der Waals surface area contributed by atoms with Crippen LogP contribution in [0.25, 0.3) is 22.6 Å². The van der Waals surface area contributed by atoms with Gasteiger partial charge in [0, 0.05) is 16.6 Å². The minimum absolute atomic E-state index is 0.0352. The summed E-state index contributed by atoms with van der Waals surface area (Å²) in [7, 11) is 0. The molecule has 3 aromatic rings. The number of benzene rings is 2. The smallest absolute Gasteiger partial charge is 0.261 e. The summed E-state index contributed by atoms with van der Waals surface area (Å²) in [5.41, 5.74) is 2.74. The van der Waals surface area contributed by atoms with Crippen LogP contribution in [-0.2, 0) is 6.54 Å². The van der Waals surface area contributed by atoms with E-state index in [1.165, 1.54) is 0 Å². The lowest BCUT2D eigenvalue weighted by atomic mass is 10.1. The van der Waals surface area contributed by atoms with Gasteiger partial charge in [-0.25, -0.2) is 4.98 Å². The summed E-state index contributed by atoms with van der Waals surface area (Å²) in [6, 6.07) is 12.8. The van der Waals surface area contributed by atoms with E-state index in [1.54, 1.807) is 22.8 Å². The highest BCUT2D eigenvalue weighted by molar-refractivity contribution is 6.31. The van der Waals surface area contributed by atoms with Crippen LogP contribution < -0.4 is 5.56 Å². The predicted molar refractivity (Wildman–Crippen MR) is 95.0 cm³/mol. The number of fused-ring (bicyclic) bond motifs is 2. The molecule has 0 amide bonds. The number of allylic oxidation sites excluding steroid dienone is 1. The SMILES string of the molecule is O=c1c2cc(Cl)ccc2nc2n1CC/C2=C\c1ccc(Cl)cc1. The van der Waals surface area contributed by atoms with Crippen LogP contribution in [0.15, 0.2) is 47.3 Å². The fourth-order valence-corrected chi connectivity index (χ4v) is 3.18. The maximum absolute atomic E-state index is 12.6. The Labute approximate surface area is 142 Å². The summed E-state index contributed by atoms with van der Waals surface area (Å²) in [5.74, 6) is 0.736. The first-order valence-corrected chi connectivity index (χ1v) is 8.04. The standard InChI is InChI=1S/C18H12Cl2N2O/c19-13-3-1-11(2-4-13)9-12-7-8-22-17(12)21-16-6-5-14(20)10-15(16)18(22)23/h1-6,9-10H,7-8H2/b12-9+. The van der Waals surface area contributed by atoms with E-state index in [2.05, 4.69) is 11.1 Å². The Kier molecular flexibility index (Phi) is 3.47. The highest BCUT2D eigenvalue weighted by Gasteiger charge is 2.20. The average Bonchev–Trinajstić information content (AvgIpc) is 2.94. The topological polar surface area (TPSA) is 34.9 Å². The molecule has 0 saturated carbocycles. The predicted octanol–water partition coefficient (Wildman–Crippen LogP) is 4.65. The molecule has 5 heteroatoms. The molecule has 0 N–H and O–H groups in total. The molecule has 0 spiro atoms. The molecule has 4 rings (SSSR count). The van der Waals surface area contributed by atoms with E-state index in [0.29, 0.717) is 27.5 Å². The first-order chi connectivity index (χ1) is 11.1. The van der Waals surface area contributed by atoms with Crippen molar-refractivity contribution in [3.8, 4) is 0 Å². The summed E-state index contributed by atoms with van der Waals surface area (Å²) >= 11 is 11.9. The van der Waals surface area contributed by atoms with Gasteiger partial charge in [-0.1, -0.05) is 35.3 Å². The Balaban J connectivity index is 1.88. The Morgan fingerprint density at radius 2 is 1.78 bits per heavy atom. The quantitative estimate of drug-likeness (QED) is 0.645. The van der Waals surface area contributed by atoms with Crippen LogP contribution in [0.2, 0.25) is 10.0 Å². The first-order valence-electron chi connectivity index (χ1n) is 7.28. The van der Waals surface area contributed by atoms with Crippen molar-refractivity contribution in [1.82, 2.24) is 9.55 Å². The van der Waals surface area contributed by atoms with Gasteiger partial charge in [0.2, 0.25) is 0 Å². The Morgan fingerprint density at radius 1 is 1.04 bits per heavy atom. The molecule has 1 aliphatic rings. The zero-order valence-electron chi connectivity index (χ0n) is 12.1. The monoisotopic (exact) mass is 342 g/mol. The van der Waals surface area contributed by atoms with Gasteiger partial charge in [0.05, 0.1) is 10.9 Å². The first kappa shape index (κ1) is 14.5. The van der Waals surface area contributed by atoms with E-state index in [9.17, 15) is 4.79 Å². The molecule has 3 nitrogen and oxygen atoms in total. The molecule has 0 saturated heterocycles. The van der Waals surface area contributed by atoms with Crippen LogP contribution in [0, 0.1) is 0 Å². The van der Waals surface area contributed by atoms with Gasteiger partial charge < -0.3 is 0 Å². The fraction of sp³-hybridized carbons (Fsp3) is 0.111. The fourth-order valence-electron chi connectivity index (χ4n) is 2.89. The lowest BCUT2D eigenvalue weighted by Crippen LogP contribution is -2.20. The number of rotatable bonds is 1. The lowest BCUT2D eigenvalue weighted by Gasteiger charge is -2.06. The van der Waals surface area contributed by atoms with Crippen molar-refractivity contribution in [1.29, 1.82) is 0 Å². The summed E-state index contributed by atoms with van der Waals surface area (Å²) in [6.45, 7) is 0.642. The van der Waals surface area contributed by atoms with E-state index < -0.39 is 0 Å². The maximum Gasteiger partial charge on any atom is 0.261 e. The summed E-state index contributed by atoms with van der Waals surface area (Å²) < 4.78 is 1.72. The number of hydrogen-bond donors (Lipinski definition) is 0. The van der Waals surface area contributed by atoms with E-state index >= 15 is 0 Å². The molecule has 0 fully saturated rings. The van der Waals surface area contributed by atoms with Gasteiger partial charge in [0.15, 0.2) is 0 Å². The molecule has 0 unspecified atom stereocenters. The van der Waals surface area contributed by atoms with Crippen molar-refractivity contribution in [3.63, 3.8) is 0 Å². The van der Waals surface area contributed by atoms with Crippen LogP contribution >= 0.6 is 23.2 Å². The van der Waals surface area contributed by atoms with Gasteiger partial charge in [0.25, 0.3) is 5.56 Å². The van der Waals surface area contributed by atoms with Gasteiger partial charge >= 0.3 is 0 Å². The molecular formula is C18H12Cl2N2O. The Hall–Kier alpha value is -2.10. The van der Waals surface area contributed by atoms with Gasteiger partial charge in [0.1, 0.15) is 5.82 Å². The third kappa shape index (κ3) is 2.56. The molecule has 0 atom stereocenters. The number of nitrogens with zero attached hydrogens (tertiary/aromatic N) is 2. The molecule has 0 aliphatic carbocycles. The molecule has 2 aromatic carbocycles. The average molecular weight is 343 g/mol. The van der Waals surface area contributed by atoms with E-state index in [0.717, 1.165) is 23.4 Å². The van der Waals surface area contributed by atoms with Crippen LogP contribution in [0.1, 0.15) is 17.8 Å². The second kappa shape index (κ2) is 5.52. The highest BCUT2D eigenvalue weighted by atomic mass is 35.5. The van der Waals surface area contributed by atoms with E-state index in [1.807, 2.05) is 24.3 Å². The zero-order valence-corrected chi connectivity index (χ0v) is 13.6. The molecule has 23 heavy (non-hydrogen) atoms. The molecule has 0 radical (unpaired) electrons. The lowest BCUT2D eigenvalue weighted by molar-refractivity contribution is 0.725. The molecular weight excluding hydrogens is 331 g/mol. The minimum atomic E-state index is -0.0352. The highest BCUT2D eigenvalue weighted by Crippen LogP contribution is 2.28. The van der Waals surface area contributed by atoms with Crippen molar-refractivity contribution in [2.45, 2.75) is 13.0 Å². The summed E-state index contributed by atoms with van der Waals surface area (Å²) in [4.78, 5) is 17.3. The normalized spacial score (nSPS) is 15.3. The van der Waals surface area contributed by atoms with Gasteiger partial charge in [-0.3, -0.25) is 9.36 Å². The van der Waals surface area contributed by atoms with Crippen LogP contribution in [-0.4, -0.2) is 9.55 Å². The van der Waals surface area contributed by atoms with Crippen molar-refractivity contribution in [2.24, 2.45) is 0 Å². The van der Waals surface area contributed by atoms with E-state index in [-0.39, 0.29) is 5.56 Å². The summed E-state index contributed by atoms with van der Waals surface area (Å²) in [6.07, 6.45) is 2.85. The Bertz CT molecular complexity index is 1000. The maximum atomic E-state index is 12.6. The number of hydrogen-bond acceptors (Lipinski definition) is 2. The number of aromatic nitrogens is 2. The van der Waals surface area contributed by atoms with Gasteiger partial charge in [-0.2, -0.15) is 0 Å². The molecule has 2 heterocycles. The van der Waals surface area contributed by atoms with Crippen LogP contribution in [0.4, 0.5) is 0 Å². The molecule has 1 aromatic heterocycles. The third-order valence-corrected chi connectivity index (χ3v) is 4.51. The van der Waals surface area contributed by atoms with Crippen molar-refractivity contribution in [3.05, 3.63) is 74.3 Å². The van der Waals surface area contributed by atoms with Crippen molar-refractivity contribution >= 4 is 45.8 Å². The second-order valence-corrected chi connectivity index (χ2v) is 6.40. The zero-order chi connectivity index (χ0) is 16.0. The van der Waals surface area contributed by atoms with E-state index in [4.69, 9.17) is 23.2 Å². The van der Waals surface area contributed by atoms with Gasteiger partial charge in [-0.15, -0.1) is 0 Å². The minimum Gasteiger partial charge on any atom is -0.292 e. The van der Waals surface area contributed by atoms with Crippen molar-refractivity contribution in [2.75, 3.05) is 0 Å². The molecule has 1 aliphatic heterocycles. The van der Waals surface area contributed by atoms with Gasteiger partial charge in [-0.05, 0) is 54.0 Å². The number of halogens is 2. The third-order valence-electron chi connectivity index (χ3n) is 4.02. The molecule has 0 bridgehead atoms. The largest absolute Gasteiger partial charge is 0.292 e. The second-order valence-electron chi connectivity index (χ2n) is 5.52. The van der Waals surface area contributed by atoms with Crippen molar-refractivity contribution < 1.29 is 0 Å². The molecule has 114 valence electrons. The van der Waals surface area contributed by atoms with Crippen LogP contribution in [0.5, 0.6) is 0 Å². The Morgan fingerprint density at radius 3 is 2.57 bits per heavy atom. The summed E-state index contributed by atoms with van der Waals surface area (Å²) in [5, 5.41) is 1.82. The van der Waals surface area contributed by atoms with Crippen LogP contribution in [0.3, 0.4) is 0 Å².